The highest BCUT2D eigenvalue weighted by atomic mass is 35.5. The van der Waals surface area contributed by atoms with E-state index in [1.165, 1.54) is 5.56 Å². The van der Waals surface area contributed by atoms with Gasteiger partial charge in [-0.2, -0.15) is 0 Å². The summed E-state index contributed by atoms with van der Waals surface area (Å²) >= 11 is 5.88. The number of rotatable bonds is 4. The summed E-state index contributed by atoms with van der Waals surface area (Å²) in [5.74, 6) is 0. The van der Waals surface area contributed by atoms with Crippen LogP contribution in [-0.4, -0.2) is 12.0 Å². The molecule has 3 nitrogen and oxygen atoms in total. The predicted octanol–water partition coefficient (Wildman–Crippen LogP) is 3.39. The summed E-state index contributed by atoms with van der Waals surface area (Å²) < 4.78 is 0. The Morgan fingerprint density at radius 3 is 2.42 bits per heavy atom. The van der Waals surface area contributed by atoms with Gasteiger partial charge in [-0.1, -0.05) is 23.7 Å². The van der Waals surface area contributed by atoms with E-state index in [1.807, 2.05) is 56.6 Å². The van der Waals surface area contributed by atoms with Crippen molar-refractivity contribution >= 4 is 17.3 Å². The number of aromatic nitrogens is 1. The lowest BCUT2D eigenvalue weighted by Crippen LogP contribution is -2.17. The molecule has 0 radical (unpaired) electrons. The van der Waals surface area contributed by atoms with Crippen molar-refractivity contribution in [1.82, 2.24) is 4.98 Å². The summed E-state index contributed by atoms with van der Waals surface area (Å²) in [5, 5.41) is 0.759. The van der Waals surface area contributed by atoms with Crippen molar-refractivity contribution in [2.45, 2.75) is 19.5 Å². The third-order valence-electron chi connectivity index (χ3n) is 3.01. The Balaban J connectivity index is 2.07. The van der Waals surface area contributed by atoms with Gasteiger partial charge >= 0.3 is 0 Å². The van der Waals surface area contributed by atoms with E-state index in [9.17, 15) is 0 Å². The van der Waals surface area contributed by atoms with Gasteiger partial charge in [0.2, 0.25) is 0 Å². The summed E-state index contributed by atoms with van der Waals surface area (Å²) in [7, 11) is 2.04. The van der Waals surface area contributed by atoms with E-state index >= 15 is 0 Å². The Morgan fingerprint density at radius 1 is 1.21 bits per heavy atom. The lowest BCUT2D eigenvalue weighted by Gasteiger charge is -2.19. The van der Waals surface area contributed by atoms with E-state index in [0.29, 0.717) is 0 Å². The van der Waals surface area contributed by atoms with Gasteiger partial charge < -0.3 is 10.6 Å². The maximum absolute atomic E-state index is 5.88. The monoisotopic (exact) mass is 275 g/mol. The molecule has 2 rings (SSSR count). The number of pyridine rings is 1. The fourth-order valence-corrected chi connectivity index (χ4v) is 1.97. The summed E-state index contributed by atoms with van der Waals surface area (Å²) in [6, 6.07) is 11.9. The highest BCUT2D eigenvalue weighted by Crippen LogP contribution is 2.17. The Morgan fingerprint density at radius 2 is 1.89 bits per heavy atom. The Hall–Kier alpha value is -1.58. The molecule has 0 fully saturated rings. The molecule has 0 saturated heterocycles. The molecule has 4 heteroatoms. The van der Waals surface area contributed by atoms with Gasteiger partial charge in [0.15, 0.2) is 0 Å². The maximum Gasteiger partial charge on any atom is 0.0569 e. The molecule has 1 aromatic carbocycles. The first-order valence-electron chi connectivity index (χ1n) is 6.23. The highest BCUT2D eigenvalue weighted by molar-refractivity contribution is 6.30. The molecule has 0 spiro atoms. The first-order valence-corrected chi connectivity index (χ1v) is 6.61. The number of nitrogens with zero attached hydrogens (tertiary/aromatic N) is 2. The fourth-order valence-electron chi connectivity index (χ4n) is 1.85. The van der Waals surface area contributed by atoms with Crippen LogP contribution >= 0.6 is 11.6 Å². The van der Waals surface area contributed by atoms with Gasteiger partial charge in [0, 0.05) is 24.7 Å². The van der Waals surface area contributed by atoms with Crippen LogP contribution in [0.5, 0.6) is 0 Å². The molecule has 0 aliphatic rings. The van der Waals surface area contributed by atoms with Crippen LogP contribution in [0, 0.1) is 0 Å². The van der Waals surface area contributed by atoms with E-state index < -0.39 is 0 Å². The molecule has 2 aromatic rings. The van der Waals surface area contributed by atoms with Crippen molar-refractivity contribution in [2.75, 3.05) is 11.9 Å². The second kappa shape index (κ2) is 6.04. The molecule has 1 atom stereocenters. The van der Waals surface area contributed by atoms with Gasteiger partial charge in [-0.3, -0.25) is 4.98 Å². The Kier molecular flexibility index (Phi) is 4.40. The molecular formula is C15H18ClN3. The van der Waals surface area contributed by atoms with Crippen LogP contribution < -0.4 is 10.6 Å². The lowest BCUT2D eigenvalue weighted by atomic mass is 10.2. The highest BCUT2D eigenvalue weighted by Gasteiger charge is 2.05. The summed E-state index contributed by atoms with van der Waals surface area (Å²) in [5.41, 5.74) is 8.98. The number of hydrogen-bond acceptors (Lipinski definition) is 3. The second-order valence-electron chi connectivity index (χ2n) is 4.71. The SMILES string of the molecule is C[C@@H](N)c1ccc(N(C)Cc2ccc(Cl)cc2)cn1. The minimum atomic E-state index is -0.0318. The quantitative estimate of drug-likeness (QED) is 0.930. The zero-order valence-corrected chi connectivity index (χ0v) is 11.9. The maximum atomic E-state index is 5.88. The molecule has 0 saturated carbocycles. The van der Waals surface area contributed by atoms with Crippen molar-refractivity contribution in [1.29, 1.82) is 0 Å². The number of anilines is 1. The van der Waals surface area contributed by atoms with Crippen LogP contribution in [0.2, 0.25) is 5.02 Å². The zero-order chi connectivity index (χ0) is 13.8. The number of hydrogen-bond donors (Lipinski definition) is 1. The molecule has 1 aromatic heterocycles. The number of nitrogens with two attached hydrogens (primary N) is 1. The van der Waals surface area contributed by atoms with Gasteiger partial charge in [-0.15, -0.1) is 0 Å². The van der Waals surface area contributed by atoms with Crippen molar-refractivity contribution in [3.8, 4) is 0 Å². The zero-order valence-electron chi connectivity index (χ0n) is 11.2. The molecule has 0 amide bonds. The molecule has 0 bridgehead atoms. The number of benzene rings is 1. The van der Waals surface area contributed by atoms with Gasteiger partial charge in [-0.25, -0.2) is 0 Å². The molecule has 0 unspecified atom stereocenters. The van der Waals surface area contributed by atoms with Crippen LogP contribution in [0.25, 0.3) is 0 Å². The van der Waals surface area contributed by atoms with E-state index in [-0.39, 0.29) is 6.04 Å². The van der Waals surface area contributed by atoms with Gasteiger partial charge in [0.1, 0.15) is 0 Å². The molecule has 0 aliphatic carbocycles. The third kappa shape index (κ3) is 3.69. The molecule has 19 heavy (non-hydrogen) atoms. The van der Waals surface area contributed by atoms with E-state index in [1.54, 1.807) is 0 Å². The largest absolute Gasteiger partial charge is 0.369 e. The van der Waals surface area contributed by atoms with Crippen LogP contribution in [0.3, 0.4) is 0 Å². The van der Waals surface area contributed by atoms with Crippen molar-refractivity contribution in [3.63, 3.8) is 0 Å². The van der Waals surface area contributed by atoms with E-state index in [2.05, 4.69) is 9.88 Å². The lowest BCUT2D eigenvalue weighted by molar-refractivity contribution is 0.779. The van der Waals surface area contributed by atoms with E-state index in [4.69, 9.17) is 17.3 Å². The topological polar surface area (TPSA) is 42.1 Å². The molecule has 0 aliphatic heterocycles. The van der Waals surface area contributed by atoms with Gasteiger partial charge in [-0.05, 0) is 36.8 Å². The number of halogens is 1. The Labute approximate surface area is 119 Å². The van der Waals surface area contributed by atoms with Gasteiger partial charge in [0.25, 0.3) is 0 Å². The van der Waals surface area contributed by atoms with Crippen molar-refractivity contribution in [2.24, 2.45) is 5.73 Å². The smallest absolute Gasteiger partial charge is 0.0569 e. The van der Waals surface area contributed by atoms with Crippen LogP contribution in [0.4, 0.5) is 5.69 Å². The van der Waals surface area contributed by atoms with Gasteiger partial charge in [0.05, 0.1) is 17.6 Å². The van der Waals surface area contributed by atoms with Crippen LogP contribution in [-0.2, 0) is 6.54 Å². The normalized spacial score (nSPS) is 12.2. The van der Waals surface area contributed by atoms with Crippen molar-refractivity contribution in [3.05, 3.63) is 58.9 Å². The average Bonchev–Trinajstić information content (AvgIpc) is 2.41. The first kappa shape index (κ1) is 13.8. The fraction of sp³-hybridized carbons (Fsp3) is 0.267. The van der Waals surface area contributed by atoms with Crippen molar-refractivity contribution < 1.29 is 0 Å². The first-order chi connectivity index (χ1) is 9.06. The molecule has 2 N–H and O–H groups in total. The standard InChI is InChI=1S/C15H18ClN3/c1-11(17)15-8-7-14(9-18-15)19(2)10-12-3-5-13(16)6-4-12/h3-9,11H,10,17H2,1-2H3/t11-/m1/s1. The Bertz CT molecular complexity index is 520. The van der Waals surface area contributed by atoms with Crippen LogP contribution in [0.1, 0.15) is 24.2 Å². The van der Waals surface area contributed by atoms with Crippen LogP contribution in [0.15, 0.2) is 42.6 Å². The van der Waals surface area contributed by atoms with E-state index in [0.717, 1.165) is 22.9 Å². The molecular weight excluding hydrogens is 258 g/mol. The second-order valence-corrected chi connectivity index (χ2v) is 5.15. The average molecular weight is 276 g/mol. The third-order valence-corrected chi connectivity index (χ3v) is 3.26. The summed E-state index contributed by atoms with van der Waals surface area (Å²) in [6.45, 7) is 2.75. The minimum absolute atomic E-state index is 0.0318. The summed E-state index contributed by atoms with van der Waals surface area (Å²) in [4.78, 5) is 6.51. The predicted molar refractivity (Wildman–Crippen MR) is 80.4 cm³/mol. The minimum Gasteiger partial charge on any atom is -0.369 e. The molecule has 1 heterocycles. The summed E-state index contributed by atoms with van der Waals surface area (Å²) in [6.07, 6.45) is 1.86. The molecule has 100 valence electrons.